The second-order valence-corrected chi connectivity index (χ2v) is 7.97. The Morgan fingerprint density at radius 2 is 2.10 bits per heavy atom. The summed E-state index contributed by atoms with van der Waals surface area (Å²) in [5, 5.41) is 4.33. The largest absolute Gasteiger partial charge is 0.290 e. The van der Waals surface area contributed by atoms with Gasteiger partial charge in [-0.05, 0) is 36.9 Å². The van der Waals surface area contributed by atoms with Crippen molar-refractivity contribution >= 4 is 44.4 Å². The van der Waals surface area contributed by atoms with E-state index in [1.807, 2.05) is 22.7 Å². The lowest BCUT2D eigenvalue weighted by atomic mass is 10.2. The summed E-state index contributed by atoms with van der Waals surface area (Å²) in [5.74, 6) is 0. The Balaban J connectivity index is 1.63. The van der Waals surface area contributed by atoms with Crippen LogP contribution in [0.1, 0.15) is 28.6 Å². The van der Waals surface area contributed by atoms with Crippen LogP contribution in [0.5, 0.6) is 0 Å². The quantitative estimate of drug-likeness (QED) is 0.572. The summed E-state index contributed by atoms with van der Waals surface area (Å²) in [5.41, 5.74) is 0. The Morgan fingerprint density at radius 3 is 2.90 bits per heavy atom. The second-order valence-electron chi connectivity index (χ2n) is 5.48. The lowest BCUT2D eigenvalue weighted by molar-refractivity contribution is 0.254. The number of rotatable bonds is 3. The van der Waals surface area contributed by atoms with Crippen molar-refractivity contribution < 1.29 is 0 Å². The first-order valence-corrected chi connectivity index (χ1v) is 9.33. The van der Waals surface area contributed by atoms with Crippen LogP contribution in [0.2, 0.25) is 5.02 Å². The van der Waals surface area contributed by atoms with Gasteiger partial charge >= 0.3 is 0 Å². The van der Waals surface area contributed by atoms with Crippen molar-refractivity contribution in [3.8, 4) is 0 Å². The highest BCUT2D eigenvalue weighted by Crippen LogP contribution is 2.40. The molecule has 0 radical (unpaired) electrons. The van der Waals surface area contributed by atoms with Gasteiger partial charge in [-0.3, -0.25) is 4.90 Å². The average molecular weight is 334 g/mol. The fourth-order valence-corrected chi connectivity index (χ4v) is 5.58. The molecule has 1 fully saturated rings. The minimum absolute atomic E-state index is 0.575. The summed E-state index contributed by atoms with van der Waals surface area (Å²) in [7, 11) is 0. The molecule has 1 atom stereocenters. The first kappa shape index (κ1) is 13.8. The molecule has 4 heteroatoms. The van der Waals surface area contributed by atoms with E-state index in [0.29, 0.717) is 6.04 Å². The van der Waals surface area contributed by atoms with Gasteiger partial charge in [0.15, 0.2) is 0 Å². The van der Waals surface area contributed by atoms with Gasteiger partial charge < -0.3 is 0 Å². The first-order valence-electron chi connectivity index (χ1n) is 7.26. The van der Waals surface area contributed by atoms with Gasteiger partial charge in [-0.2, -0.15) is 0 Å². The minimum atomic E-state index is 0.575. The van der Waals surface area contributed by atoms with E-state index in [4.69, 9.17) is 11.6 Å². The smallest absolute Gasteiger partial charge is 0.0637 e. The third kappa shape index (κ3) is 2.53. The first-order chi connectivity index (χ1) is 10.3. The molecule has 1 saturated heterocycles. The number of likely N-dealkylation sites (tertiary alicyclic amines) is 1. The van der Waals surface area contributed by atoms with Crippen molar-refractivity contribution in [1.29, 1.82) is 0 Å². The molecule has 3 heterocycles. The van der Waals surface area contributed by atoms with Crippen molar-refractivity contribution in [2.75, 3.05) is 6.54 Å². The van der Waals surface area contributed by atoms with Crippen molar-refractivity contribution in [2.24, 2.45) is 0 Å². The molecule has 1 nitrogen and oxygen atoms in total. The molecule has 4 rings (SSSR count). The summed E-state index contributed by atoms with van der Waals surface area (Å²) in [6.07, 6.45) is 2.55. The lowest BCUT2D eigenvalue weighted by Gasteiger charge is -2.23. The summed E-state index contributed by atoms with van der Waals surface area (Å²) >= 11 is 10.3. The molecule has 0 spiro atoms. The van der Waals surface area contributed by atoms with Gasteiger partial charge in [-0.15, -0.1) is 22.7 Å². The Bertz CT molecular complexity index is 747. The third-order valence-corrected chi connectivity index (χ3v) is 6.86. The van der Waals surface area contributed by atoms with Crippen molar-refractivity contribution in [3.05, 3.63) is 56.6 Å². The van der Waals surface area contributed by atoms with Crippen LogP contribution in [0.15, 0.2) is 41.8 Å². The highest BCUT2D eigenvalue weighted by Gasteiger charge is 2.27. The maximum atomic E-state index is 6.59. The third-order valence-electron chi connectivity index (χ3n) is 4.18. The van der Waals surface area contributed by atoms with E-state index in [0.717, 1.165) is 11.6 Å². The van der Waals surface area contributed by atoms with Crippen LogP contribution in [0, 0.1) is 0 Å². The van der Waals surface area contributed by atoms with Crippen molar-refractivity contribution in [3.63, 3.8) is 0 Å². The van der Waals surface area contributed by atoms with Gasteiger partial charge in [0.1, 0.15) is 0 Å². The number of fused-ring (bicyclic) bond motifs is 1. The van der Waals surface area contributed by atoms with Crippen molar-refractivity contribution in [2.45, 2.75) is 25.4 Å². The molecule has 0 aliphatic carbocycles. The fourth-order valence-electron chi connectivity index (χ4n) is 3.17. The van der Waals surface area contributed by atoms with Crippen LogP contribution >= 0.6 is 34.3 Å². The zero-order valence-electron chi connectivity index (χ0n) is 11.6. The van der Waals surface area contributed by atoms with E-state index in [1.54, 1.807) is 0 Å². The maximum Gasteiger partial charge on any atom is 0.0637 e. The summed E-state index contributed by atoms with van der Waals surface area (Å²) < 4.78 is 1.30. The Morgan fingerprint density at radius 1 is 1.19 bits per heavy atom. The zero-order chi connectivity index (χ0) is 14.2. The summed E-state index contributed by atoms with van der Waals surface area (Å²) in [4.78, 5) is 5.38. The highest BCUT2D eigenvalue weighted by atomic mass is 35.5. The molecule has 108 valence electrons. The molecular formula is C17H16ClNS2. The van der Waals surface area contributed by atoms with E-state index < -0.39 is 0 Å². The molecule has 21 heavy (non-hydrogen) atoms. The van der Waals surface area contributed by atoms with E-state index in [9.17, 15) is 0 Å². The number of thiophene rings is 2. The van der Waals surface area contributed by atoms with E-state index >= 15 is 0 Å². The van der Waals surface area contributed by atoms with Crippen LogP contribution < -0.4 is 0 Å². The van der Waals surface area contributed by atoms with Crippen LogP contribution in [0.3, 0.4) is 0 Å². The van der Waals surface area contributed by atoms with Crippen molar-refractivity contribution in [1.82, 2.24) is 4.90 Å². The number of hydrogen-bond donors (Lipinski definition) is 0. The molecule has 0 N–H and O–H groups in total. The number of benzene rings is 1. The normalized spacial score (nSPS) is 19.6. The van der Waals surface area contributed by atoms with E-state index in [1.165, 1.54) is 39.2 Å². The van der Waals surface area contributed by atoms with E-state index in [2.05, 4.69) is 46.7 Å². The predicted octanol–water partition coefficient (Wildman–Crippen LogP) is 5.95. The average Bonchev–Trinajstić information content (AvgIpc) is 3.21. The molecule has 0 bridgehead atoms. The zero-order valence-corrected chi connectivity index (χ0v) is 14.0. The Kier molecular flexibility index (Phi) is 3.76. The highest BCUT2D eigenvalue weighted by molar-refractivity contribution is 7.19. The van der Waals surface area contributed by atoms with Crippen LogP contribution in [-0.2, 0) is 6.54 Å². The van der Waals surface area contributed by atoms with Gasteiger partial charge in [0.2, 0.25) is 0 Å². The topological polar surface area (TPSA) is 3.24 Å². The molecule has 1 aliphatic heterocycles. The Hall–Kier alpha value is -0.870. The number of nitrogens with zero attached hydrogens (tertiary/aromatic N) is 1. The van der Waals surface area contributed by atoms with Crippen LogP contribution in [-0.4, -0.2) is 11.4 Å². The number of hydrogen-bond acceptors (Lipinski definition) is 3. The molecule has 1 aromatic carbocycles. The van der Waals surface area contributed by atoms with E-state index in [-0.39, 0.29) is 0 Å². The van der Waals surface area contributed by atoms with Gasteiger partial charge in [0, 0.05) is 32.4 Å². The van der Waals surface area contributed by atoms with Crippen LogP contribution in [0.25, 0.3) is 10.1 Å². The fraction of sp³-hybridized carbons (Fsp3) is 0.294. The summed E-state index contributed by atoms with van der Waals surface area (Å²) in [6.45, 7) is 2.15. The monoisotopic (exact) mass is 333 g/mol. The maximum absolute atomic E-state index is 6.59. The summed E-state index contributed by atoms with van der Waals surface area (Å²) in [6, 6.07) is 13.4. The molecule has 0 amide bonds. The van der Waals surface area contributed by atoms with Gasteiger partial charge in [-0.25, -0.2) is 0 Å². The van der Waals surface area contributed by atoms with Gasteiger partial charge in [-0.1, -0.05) is 35.9 Å². The molecule has 3 aromatic rings. The van der Waals surface area contributed by atoms with Crippen LogP contribution in [0.4, 0.5) is 0 Å². The standard InChI is InChI=1S/C17H16ClNS2/c18-17-12-5-1-2-7-14(12)21-16(17)11-19-9-3-6-13(19)15-8-4-10-20-15/h1-2,4-5,7-8,10,13H,3,6,9,11H2. The second kappa shape index (κ2) is 5.73. The molecular weight excluding hydrogens is 318 g/mol. The lowest BCUT2D eigenvalue weighted by Crippen LogP contribution is -2.21. The molecule has 1 aliphatic rings. The van der Waals surface area contributed by atoms with Gasteiger partial charge in [0.05, 0.1) is 5.02 Å². The Labute approximate surface area is 137 Å². The molecule has 0 saturated carbocycles. The molecule has 1 unspecified atom stereocenters. The SMILES string of the molecule is Clc1c(CN2CCCC2c2cccs2)sc2ccccc12. The van der Waals surface area contributed by atoms with Gasteiger partial charge in [0.25, 0.3) is 0 Å². The molecule has 2 aromatic heterocycles. The minimum Gasteiger partial charge on any atom is -0.290 e. The number of halogens is 1. The predicted molar refractivity (Wildman–Crippen MR) is 93.5 cm³/mol.